The molecule has 0 bridgehead atoms. The lowest BCUT2D eigenvalue weighted by Crippen LogP contribution is -2.26. The zero-order valence-electron chi connectivity index (χ0n) is 11.2. The van der Waals surface area contributed by atoms with E-state index in [1.165, 1.54) is 11.3 Å². The molecule has 4 nitrogen and oxygen atoms in total. The first kappa shape index (κ1) is 14.3. The van der Waals surface area contributed by atoms with Gasteiger partial charge in [-0.1, -0.05) is 17.9 Å². The number of hydrogen-bond acceptors (Lipinski definition) is 4. The Bertz CT molecular complexity index is 640. The minimum absolute atomic E-state index is 0.0369. The second-order valence-electron chi connectivity index (χ2n) is 4.19. The fraction of sp³-hybridized carbons (Fsp3) is 0.200. The molecule has 0 aromatic carbocycles. The van der Waals surface area contributed by atoms with E-state index in [1.807, 2.05) is 23.6 Å². The van der Waals surface area contributed by atoms with Crippen molar-refractivity contribution in [1.82, 2.24) is 9.88 Å². The fourth-order valence-corrected chi connectivity index (χ4v) is 2.57. The number of carbonyl (C=O) groups is 1. The number of aromatic nitrogens is 1. The zero-order chi connectivity index (χ0) is 14.4. The average molecular weight is 285 g/mol. The van der Waals surface area contributed by atoms with Gasteiger partial charge in [0.05, 0.1) is 6.54 Å². The van der Waals surface area contributed by atoms with Gasteiger partial charge >= 0.3 is 0 Å². The van der Waals surface area contributed by atoms with Gasteiger partial charge in [0.2, 0.25) is 0 Å². The molecule has 0 spiro atoms. The van der Waals surface area contributed by atoms with Crippen LogP contribution >= 0.6 is 11.3 Å². The minimum Gasteiger partial charge on any atom is -0.337 e. The maximum Gasteiger partial charge on any atom is 0.265 e. The molecule has 1 amide bonds. The van der Waals surface area contributed by atoms with Crippen LogP contribution in [-0.4, -0.2) is 29.4 Å². The lowest BCUT2D eigenvalue weighted by molar-refractivity contribution is 0.0789. The summed E-state index contributed by atoms with van der Waals surface area (Å²) in [4.78, 5) is 18.8. The van der Waals surface area contributed by atoms with Crippen LogP contribution in [0.3, 0.4) is 0 Å². The van der Waals surface area contributed by atoms with Crippen molar-refractivity contribution in [3.8, 4) is 11.8 Å². The van der Waals surface area contributed by atoms with Gasteiger partial charge in [0.15, 0.2) is 0 Å². The summed E-state index contributed by atoms with van der Waals surface area (Å²) in [6.45, 7) is 0.809. The Morgan fingerprint density at radius 2 is 2.35 bits per heavy atom. The molecule has 2 aromatic heterocycles. The Balaban J connectivity index is 2.13. The quantitative estimate of drug-likeness (QED) is 0.874. The van der Waals surface area contributed by atoms with Crippen LogP contribution in [0.25, 0.3) is 0 Å². The highest BCUT2D eigenvalue weighted by Gasteiger charge is 2.16. The third kappa shape index (κ3) is 3.44. The maximum atomic E-state index is 12.4. The van der Waals surface area contributed by atoms with Gasteiger partial charge < -0.3 is 10.6 Å². The average Bonchev–Trinajstić information content (AvgIpc) is 2.93. The first-order valence-corrected chi connectivity index (χ1v) is 7.01. The van der Waals surface area contributed by atoms with Crippen molar-refractivity contribution in [3.05, 3.63) is 52.0 Å². The van der Waals surface area contributed by atoms with Crippen molar-refractivity contribution in [2.45, 2.75) is 6.54 Å². The Labute approximate surface area is 122 Å². The number of hydrogen-bond donors (Lipinski definition) is 1. The third-order valence-electron chi connectivity index (χ3n) is 2.67. The van der Waals surface area contributed by atoms with Crippen LogP contribution in [0.5, 0.6) is 0 Å². The molecule has 5 heteroatoms. The summed E-state index contributed by atoms with van der Waals surface area (Å²) in [5.74, 6) is 5.67. The largest absolute Gasteiger partial charge is 0.337 e. The minimum atomic E-state index is -0.0369. The number of rotatable bonds is 3. The van der Waals surface area contributed by atoms with Crippen LogP contribution in [0.2, 0.25) is 0 Å². The molecule has 0 aliphatic heterocycles. The van der Waals surface area contributed by atoms with Gasteiger partial charge in [-0.25, -0.2) is 0 Å². The molecule has 0 saturated carbocycles. The van der Waals surface area contributed by atoms with E-state index in [2.05, 4.69) is 16.8 Å². The zero-order valence-corrected chi connectivity index (χ0v) is 12.0. The molecule has 2 rings (SSSR count). The predicted molar refractivity (Wildman–Crippen MR) is 80.3 cm³/mol. The summed E-state index contributed by atoms with van der Waals surface area (Å²) < 4.78 is 0. The van der Waals surface area contributed by atoms with Gasteiger partial charge in [-0.3, -0.25) is 9.78 Å². The second-order valence-corrected chi connectivity index (χ2v) is 5.11. The molecule has 2 N–H and O–H groups in total. The Morgan fingerprint density at radius 3 is 3.05 bits per heavy atom. The van der Waals surface area contributed by atoms with E-state index in [0.29, 0.717) is 11.4 Å². The van der Waals surface area contributed by atoms with Crippen molar-refractivity contribution in [3.63, 3.8) is 0 Å². The third-order valence-corrected chi connectivity index (χ3v) is 3.58. The van der Waals surface area contributed by atoms with Crippen LogP contribution in [-0.2, 0) is 6.54 Å². The lowest BCUT2D eigenvalue weighted by atomic mass is 10.2. The number of amides is 1. The van der Waals surface area contributed by atoms with Gasteiger partial charge in [-0.2, -0.15) is 0 Å². The predicted octanol–water partition coefficient (Wildman–Crippen LogP) is 1.73. The van der Waals surface area contributed by atoms with Crippen LogP contribution in [0.1, 0.15) is 20.8 Å². The van der Waals surface area contributed by atoms with E-state index < -0.39 is 0 Å². The summed E-state index contributed by atoms with van der Waals surface area (Å²) >= 11 is 1.40. The van der Waals surface area contributed by atoms with E-state index in [9.17, 15) is 4.79 Å². The molecule has 0 fully saturated rings. The summed E-state index contributed by atoms with van der Waals surface area (Å²) in [5, 5.41) is 1.87. The number of nitrogens with zero attached hydrogens (tertiary/aromatic N) is 2. The molecule has 0 unspecified atom stereocenters. The molecule has 20 heavy (non-hydrogen) atoms. The molecule has 0 atom stereocenters. The van der Waals surface area contributed by atoms with E-state index in [-0.39, 0.29) is 12.5 Å². The maximum absolute atomic E-state index is 12.4. The monoisotopic (exact) mass is 285 g/mol. The van der Waals surface area contributed by atoms with Crippen LogP contribution in [0.15, 0.2) is 36.0 Å². The van der Waals surface area contributed by atoms with Crippen molar-refractivity contribution in [2.24, 2.45) is 5.73 Å². The molecule has 0 radical (unpaired) electrons. The molecular weight excluding hydrogens is 270 g/mol. The fourth-order valence-electron chi connectivity index (χ4n) is 1.73. The molecule has 2 aromatic rings. The summed E-state index contributed by atoms with van der Waals surface area (Å²) in [7, 11) is 1.77. The van der Waals surface area contributed by atoms with Gasteiger partial charge in [0.25, 0.3) is 5.91 Å². The van der Waals surface area contributed by atoms with E-state index in [4.69, 9.17) is 5.73 Å². The van der Waals surface area contributed by atoms with Crippen molar-refractivity contribution >= 4 is 17.2 Å². The normalized spacial score (nSPS) is 9.70. The number of thiophene rings is 1. The van der Waals surface area contributed by atoms with Gasteiger partial charge in [-0.05, 0) is 23.1 Å². The Kier molecular flexibility index (Phi) is 4.88. The highest BCUT2D eigenvalue weighted by Crippen LogP contribution is 2.18. The Hall–Kier alpha value is -2.16. The highest BCUT2D eigenvalue weighted by atomic mass is 32.1. The second kappa shape index (κ2) is 6.85. The van der Waals surface area contributed by atoms with E-state index in [1.54, 1.807) is 24.3 Å². The Morgan fingerprint density at radius 1 is 1.50 bits per heavy atom. The first-order valence-electron chi connectivity index (χ1n) is 6.13. The molecule has 0 saturated heterocycles. The topological polar surface area (TPSA) is 59.2 Å². The van der Waals surface area contributed by atoms with Gasteiger partial charge in [-0.15, -0.1) is 11.3 Å². The number of carbonyl (C=O) groups excluding carboxylic acids is 1. The molecule has 0 aliphatic rings. The highest BCUT2D eigenvalue weighted by molar-refractivity contribution is 7.12. The summed E-state index contributed by atoms with van der Waals surface area (Å²) in [6, 6.07) is 5.65. The molecule has 102 valence electrons. The van der Waals surface area contributed by atoms with Crippen LogP contribution < -0.4 is 5.73 Å². The molecular formula is C15H15N3OS. The van der Waals surface area contributed by atoms with Crippen molar-refractivity contribution in [2.75, 3.05) is 13.6 Å². The molecule has 0 aliphatic carbocycles. The lowest BCUT2D eigenvalue weighted by Gasteiger charge is -2.16. The van der Waals surface area contributed by atoms with E-state index in [0.717, 1.165) is 11.1 Å². The summed E-state index contributed by atoms with van der Waals surface area (Å²) in [5.41, 5.74) is 7.10. The smallest absolute Gasteiger partial charge is 0.265 e. The standard InChI is InChI=1S/C15H15N3OS/c1-18(11-12-4-3-8-17-10-12)15(19)14-13(5-2-7-16)6-9-20-14/h3-4,6,8-10H,7,11,16H2,1H3. The first-order chi connectivity index (χ1) is 9.72. The molecule has 2 heterocycles. The SMILES string of the molecule is CN(Cc1cccnc1)C(=O)c1sccc1C#CCN. The van der Waals surface area contributed by atoms with E-state index >= 15 is 0 Å². The number of pyridine rings is 1. The summed E-state index contributed by atoms with van der Waals surface area (Å²) in [6.07, 6.45) is 3.47. The van der Waals surface area contributed by atoms with Crippen molar-refractivity contribution in [1.29, 1.82) is 0 Å². The van der Waals surface area contributed by atoms with Crippen molar-refractivity contribution < 1.29 is 4.79 Å². The van der Waals surface area contributed by atoms with Gasteiger partial charge in [0, 0.05) is 31.5 Å². The van der Waals surface area contributed by atoms with Crippen LogP contribution in [0.4, 0.5) is 0 Å². The number of nitrogens with two attached hydrogens (primary N) is 1. The van der Waals surface area contributed by atoms with Crippen LogP contribution in [0, 0.1) is 11.8 Å². The van der Waals surface area contributed by atoms with Gasteiger partial charge in [0.1, 0.15) is 4.88 Å².